The first-order valence-corrected chi connectivity index (χ1v) is 28.4. The third-order valence-electron chi connectivity index (χ3n) is 16.4. The number of rotatable bonds is 6. The minimum atomic E-state index is -0.823. The molecule has 7 N–H and O–H groups in total. The number of imidazole rings is 2. The van der Waals surface area contributed by atoms with Gasteiger partial charge in [-0.25, -0.2) is 32.7 Å². The molecule has 0 radical (unpaired) electrons. The number of amides is 4. The quantitative estimate of drug-likeness (QED) is 0.0809. The van der Waals surface area contributed by atoms with Crippen LogP contribution in [0.4, 0.5) is 18.0 Å². The molecule has 0 bridgehead atoms. The van der Waals surface area contributed by atoms with Gasteiger partial charge in [-0.2, -0.15) is 0 Å². The highest BCUT2D eigenvalue weighted by atomic mass is 19.1. The number of imide groups is 1. The van der Waals surface area contributed by atoms with Gasteiger partial charge in [0.15, 0.2) is 11.4 Å². The van der Waals surface area contributed by atoms with Crippen molar-refractivity contribution in [1.29, 1.82) is 0 Å². The normalized spacial score (nSPS) is 22.7. The van der Waals surface area contributed by atoms with Crippen LogP contribution in [-0.2, 0) is 32.9 Å². The molecular formula is C60H75F3N12O5. The molecule has 6 aromatic rings. The van der Waals surface area contributed by atoms with Crippen molar-refractivity contribution in [3.05, 3.63) is 154 Å². The molecule has 3 aromatic carbocycles. The number of hydrogen-bond donors (Lipinski definition) is 7. The van der Waals surface area contributed by atoms with Crippen molar-refractivity contribution in [2.45, 2.75) is 139 Å². The maximum absolute atomic E-state index is 13.2. The Labute approximate surface area is 464 Å². The Kier molecular flexibility index (Phi) is 19.1. The first-order chi connectivity index (χ1) is 38.7. The minimum absolute atomic E-state index is 0.0411. The number of Topliss-reactive ketones (excluding diaryl/α,β-unsaturated/α-hetero) is 1. The van der Waals surface area contributed by atoms with Crippen molar-refractivity contribution >= 4 is 34.8 Å². The molecule has 8 heterocycles. The van der Waals surface area contributed by atoms with Crippen LogP contribution in [0.3, 0.4) is 0 Å². The molecule has 2 aliphatic carbocycles. The van der Waals surface area contributed by atoms with Crippen LogP contribution < -0.4 is 37.6 Å². The van der Waals surface area contributed by atoms with Gasteiger partial charge < -0.3 is 36.5 Å². The number of benzene rings is 3. The van der Waals surface area contributed by atoms with Crippen molar-refractivity contribution < 1.29 is 32.3 Å². The molecule has 7 aliphatic rings. The average molecular weight is 1100 g/mol. The molecule has 5 saturated heterocycles. The first-order valence-electron chi connectivity index (χ1n) is 28.4. The lowest BCUT2D eigenvalue weighted by Crippen LogP contribution is -2.62. The van der Waals surface area contributed by atoms with E-state index in [1.807, 2.05) is 73.5 Å². The third-order valence-corrected chi connectivity index (χ3v) is 16.4. The predicted molar refractivity (Wildman–Crippen MR) is 299 cm³/mol. The molecule has 426 valence electrons. The summed E-state index contributed by atoms with van der Waals surface area (Å²) in [5.41, 5.74) is 3.75. The summed E-state index contributed by atoms with van der Waals surface area (Å²) >= 11 is 0. The third kappa shape index (κ3) is 13.6. The highest BCUT2D eigenvalue weighted by molar-refractivity contribution is 6.08. The van der Waals surface area contributed by atoms with Gasteiger partial charge in [-0.05, 0) is 175 Å². The number of urea groups is 1. The van der Waals surface area contributed by atoms with Gasteiger partial charge in [0.05, 0.1) is 29.5 Å². The zero-order valence-electron chi connectivity index (χ0n) is 45.8. The van der Waals surface area contributed by atoms with E-state index in [4.69, 9.17) is 0 Å². The average Bonchev–Trinajstić information content (AvgIpc) is 4.38. The molecule has 5 aliphatic heterocycles. The van der Waals surface area contributed by atoms with Crippen LogP contribution in [0.5, 0.6) is 0 Å². The van der Waals surface area contributed by atoms with E-state index in [1.54, 1.807) is 18.3 Å². The van der Waals surface area contributed by atoms with E-state index < -0.39 is 22.7 Å². The van der Waals surface area contributed by atoms with Crippen LogP contribution >= 0.6 is 0 Å². The SMILES string of the molecule is CC(C)N1C(=O)NC2(CCCc3ccccc32)C1=O.O=C1CCCNC1c1ccc(F)cc1.O=C1NC(c2cc(F)cc(F)c2)CNC12CCCC2.O=c1[nH]c2ncccc2n1C1CCNCC1.c1cn(CC2CCNCC2)cn1. The Hall–Kier alpha value is -7.00. The maximum Gasteiger partial charge on any atom is 0.327 e. The topological polar surface area (TPSA) is 212 Å². The zero-order chi connectivity index (χ0) is 56.2. The Morgan fingerprint density at radius 2 is 1.44 bits per heavy atom. The van der Waals surface area contributed by atoms with Crippen molar-refractivity contribution in [3.8, 4) is 0 Å². The summed E-state index contributed by atoms with van der Waals surface area (Å²) < 4.78 is 43.1. The second kappa shape index (κ2) is 26.5. The standard InChI is InChI=1S/C15H18N2O2.C14H16F2N2O.C11H12FNO.C11H14N4O.C9H15N3/c1-10(2)17-13(18)15(16-14(17)19)9-5-7-11-6-3-4-8-12(11)15;15-10-5-9(6-11(16)7-10)12-8-17-14(13(19)18-12)3-1-2-4-14;12-9-5-3-8(4-6-9)11-10(14)2-1-7-13-11;16-11-14-10-9(2-1-5-13-10)15(11)8-3-6-12-7-4-8;1-3-10-4-2-9(1)7-12-6-5-11-8-12/h3-4,6,8,10H,5,7,9H2,1-2H3,(H,16,19);5-7,12,17H,1-4,8H2,(H,18,19);3-6,11,13H,1-2,7H2;1-2,5,8,12H,3-4,6-7H2,(H,13,14,16);5-6,8-10H,1-4,7H2. The number of piperazine rings is 1. The molecule has 17 nitrogen and oxygen atoms in total. The number of fused-ring (bicyclic) bond motifs is 3. The Balaban J connectivity index is 0.000000122. The van der Waals surface area contributed by atoms with Gasteiger partial charge in [-0.15, -0.1) is 0 Å². The van der Waals surface area contributed by atoms with Crippen LogP contribution in [-0.4, -0.2) is 103 Å². The Morgan fingerprint density at radius 1 is 0.725 bits per heavy atom. The molecule has 80 heavy (non-hydrogen) atoms. The lowest BCUT2D eigenvalue weighted by atomic mass is 9.76. The van der Waals surface area contributed by atoms with E-state index in [0.29, 0.717) is 36.6 Å². The second-order valence-corrected chi connectivity index (χ2v) is 22.1. The summed E-state index contributed by atoms with van der Waals surface area (Å²) in [6.07, 6.45) is 20.0. The van der Waals surface area contributed by atoms with Gasteiger partial charge in [0.25, 0.3) is 5.91 Å². The van der Waals surface area contributed by atoms with Crippen molar-refractivity contribution in [3.63, 3.8) is 0 Å². The highest BCUT2D eigenvalue weighted by Gasteiger charge is 2.54. The maximum atomic E-state index is 13.2. The number of piperidine rings is 3. The molecule has 20 heteroatoms. The summed E-state index contributed by atoms with van der Waals surface area (Å²) in [7, 11) is 0. The molecule has 3 unspecified atom stereocenters. The van der Waals surface area contributed by atoms with Crippen molar-refractivity contribution in [1.82, 2.24) is 60.9 Å². The van der Waals surface area contributed by atoms with Crippen LogP contribution in [0.1, 0.15) is 131 Å². The number of halogens is 3. The molecule has 3 atom stereocenters. The Morgan fingerprint density at radius 3 is 2.10 bits per heavy atom. The predicted octanol–water partition coefficient (Wildman–Crippen LogP) is 7.57. The van der Waals surface area contributed by atoms with Gasteiger partial charge in [-0.1, -0.05) is 49.2 Å². The smallest absolute Gasteiger partial charge is 0.327 e. The Bertz CT molecular complexity index is 3090. The zero-order valence-corrected chi connectivity index (χ0v) is 45.8. The minimum Gasteiger partial charge on any atom is -0.346 e. The highest BCUT2D eigenvalue weighted by Crippen LogP contribution is 2.40. The molecule has 3 aromatic heterocycles. The van der Waals surface area contributed by atoms with Crippen molar-refractivity contribution in [2.24, 2.45) is 5.92 Å². The number of carbonyl (C=O) groups is 4. The fraction of sp³-hybridized carbons (Fsp3) is 0.483. The lowest BCUT2D eigenvalue weighted by Gasteiger charge is -2.38. The summed E-state index contributed by atoms with van der Waals surface area (Å²) in [6.45, 7) is 10.5. The molecule has 1 saturated carbocycles. The molecule has 13 rings (SSSR count). The van der Waals surface area contributed by atoms with Gasteiger partial charge in [0.2, 0.25) is 5.91 Å². The number of pyridine rings is 1. The molecule has 6 fully saturated rings. The van der Waals surface area contributed by atoms with Gasteiger partial charge in [0, 0.05) is 56.3 Å². The van der Waals surface area contributed by atoms with Gasteiger partial charge in [0.1, 0.15) is 23.0 Å². The molecular weight excluding hydrogens is 1030 g/mol. The number of aryl methyl sites for hydroxylation is 1. The number of aromatic nitrogens is 5. The van der Waals surface area contributed by atoms with E-state index in [9.17, 15) is 37.1 Å². The fourth-order valence-electron chi connectivity index (χ4n) is 12.2. The van der Waals surface area contributed by atoms with Gasteiger partial charge in [-0.3, -0.25) is 28.8 Å². The largest absolute Gasteiger partial charge is 0.346 e. The fourth-order valence-corrected chi connectivity index (χ4v) is 12.2. The summed E-state index contributed by atoms with van der Waals surface area (Å²) in [5.74, 6) is -0.610. The lowest BCUT2D eigenvalue weighted by molar-refractivity contribution is -0.133. The van der Waals surface area contributed by atoms with Crippen LogP contribution in [0.25, 0.3) is 11.2 Å². The summed E-state index contributed by atoms with van der Waals surface area (Å²) in [4.78, 5) is 72.8. The monoisotopic (exact) mass is 1100 g/mol. The number of aromatic amines is 1. The molecule has 2 spiro atoms. The number of ketones is 1. The van der Waals surface area contributed by atoms with E-state index in [0.717, 1.165) is 113 Å². The van der Waals surface area contributed by atoms with Crippen LogP contribution in [0, 0.1) is 23.4 Å². The van der Waals surface area contributed by atoms with E-state index in [1.165, 1.54) is 60.7 Å². The summed E-state index contributed by atoms with van der Waals surface area (Å²) in [5, 5.41) is 18.9. The first kappa shape index (κ1) is 57.7. The van der Waals surface area contributed by atoms with E-state index in [-0.39, 0.29) is 53.3 Å². The number of nitrogens with zero attached hydrogens (tertiary/aromatic N) is 5. The number of nitrogens with one attached hydrogen (secondary N) is 7. The van der Waals surface area contributed by atoms with Crippen LogP contribution in [0.15, 0.2) is 109 Å². The molecule has 4 amide bonds. The van der Waals surface area contributed by atoms with Crippen LogP contribution in [0.2, 0.25) is 0 Å². The number of hydrogen-bond acceptors (Lipinski definition) is 11. The van der Waals surface area contributed by atoms with E-state index >= 15 is 0 Å². The number of carbonyl (C=O) groups excluding carboxylic acids is 4. The van der Waals surface area contributed by atoms with Crippen molar-refractivity contribution in [2.75, 3.05) is 39.3 Å². The summed E-state index contributed by atoms with van der Waals surface area (Å²) in [6, 6.07) is 20.5. The van der Waals surface area contributed by atoms with Gasteiger partial charge >= 0.3 is 11.7 Å². The second-order valence-electron chi connectivity index (χ2n) is 22.1. The van der Waals surface area contributed by atoms with E-state index in [2.05, 4.69) is 51.4 Å². The number of H-pyrrole nitrogens is 1.